The topological polar surface area (TPSA) is 22.1 Å². The Kier molecular flexibility index (Phi) is 3.95. The van der Waals surface area contributed by atoms with Crippen LogP contribution >= 0.6 is 0 Å². The van der Waals surface area contributed by atoms with E-state index in [0.717, 1.165) is 39.2 Å². The fraction of sp³-hybridized carbons (Fsp3) is 0.0870. The second kappa shape index (κ2) is 6.40. The smallest absolute Gasteiger partial charge is 0.157 e. The minimum Gasteiger partial charge on any atom is -0.455 e. The van der Waals surface area contributed by atoms with E-state index >= 15 is 0 Å². The first kappa shape index (κ1) is 15.4. The van der Waals surface area contributed by atoms with Crippen molar-refractivity contribution in [1.29, 1.82) is 0 Å². The van der Waals surface area contributed by atoms with Crippen LogP contribution in [0.25, 0.3) is 22.2 Å². The van der Waals surface area contributed by atoms with Crippen molar-refractivity contribution in [3.8, 4) is 22.8 Å². The lowest BCUT2D eigenvalue weighted by molar-refractivity contribution is 0.480. The highest BCUT2D eigenvalue weighted by Crippen LogP contribution is 2.39. The maximum atomic E-state index is 6.30. The number of fused-ring (bicyclic) bond motifs is 1. The Labute approximate surface area is 147 Å². The third kappa shape index (κ3) is 2.87. The summed E-state index contributed by atoms with van der Waals surface area (Å²) in [6.45, 7) is 4.23. The molecular formula is C23H19NO. The van der Waals surface area contributed by atoms with Crippen molar-refractivity contribution in [2.24, 2.45) is 0 Å². The Morgan fingerprint density at radius 2 is 1.40 bits per heavy atom. The molecule has 0 aliphatic carbocycles. The van der Waals surface area contributed by atoms with Crippen molar-refractivity contribution in [1.82, 2.24) is 4.98 Å². The predicted octanol–water partition coefficient (Wildman–Crippen LogP) is 6.31. The quantitative estimate of drug-likeness (QED) is 0.440. The van der Waals surface area contributed by atoms with E-state index in [1.807, 2.05) is 48.5 Å². The van der Waals surface area contributed by atoms with E-state index in [9.17, 15) is 0 Å². The molecular weight excluding hydrogens is 306 g/mol. The zero-order valence-electron chi connectivity index (χ0n) is 14.4. The van der Waals surface area contributed by atoms with E-state index in [2.05, 4.69) is 44.2 Å². The van der Waals surface area contributed by atoms with Gasteiger partial charge in [0, 0.05) is 16.5 Å². The van der Waals surface area contributed by atoms with E-state index in [1.165, 1.54) is 5.56 Å². The summed E-state index contributed by atoms with van der Waals surface area (Å²) < 4.78 is 6.30. The number of nitrogens with zero attached hydrogens (tertiary/aromatic N) is 1. The number of hydrogen-bond acceptors (Lipinski definition) is 2. The van der Waals surface area contributed by atoms with Crippen LogP contribution in [-0.4, -0.2) is 4.98 Å². The summed E-state index contributed by atoms with van der Waals surface area (Å²) in [4.78, 5) is 4.94. The van der Waals surface area contributed by atoms with Crippen molar-refractivity contribution in [2.75, 3.05) is 0 Å². The number of aryl methyl sites for hydroxylation is 2. The molecule has 122 valence electrons. The molecule has 0 atom stereocenters. The van der Waals surface area contributed by atoms with Gasteiger partial charge in [-0.25, -0.2) is 4.98 Å². The van der Waals surface area contributed by atoms with Crippen LogP contribution in [0.3, 0.4) is 0 Å². The van der Waals surface area contributed by atoms with E-state index in [4.69, 9.17) is 9.72 Å². The molecule has 3 aromatic carbocycles. The summed E-state index contributed by atoms with van der Waals surface area (Å²) in [5.41, 5.74) is 5.25. The molecule has 4 aromatic rings. The summed E-state index contributed by atoms with van der Waals surface area (Å²) >= 11 is 0. The van der Waals surface area contributed by atoms with Gasteiger partial charge in [0.15, 0.2) is 5.75 Å². The molecule has 25 heavy (non-hydrogen) atoms. The van der Waals surface area contributed by atoms with Gasteiger partial charge in [-0.2, -0.15) is 0 Å². The molecule has 0 unspecified atom stereocenters. The van der Waals surface area contributed by atoms with Gasteiger partial charge in [-0.15, -0.1) is 0 Å². The van der Waals surface area contributed by atoms with Crippen molar-refractivity contribution in [2.45, 2.75) is 13.8 Å². The summed E-state index contributed by atoms with van der Waals surface area (Å²) in [5, 5.41) is 1.16. The van der Waals surface area contributed by atoms with Crippen LogP contribution in [-0.2, 0) is 0 Å². The molecule has 1 heterocycles. The van der Waals surface area contributed by atoms with E-state index < -0.39 is 0 Å². The Bertz CT molecular complexity index is 1020. The molecule has 0 aliphatic heterocycles. The van der Waals surface area contributed by atoms with Gasteiger partial charge in [-0.05, 0) is 37.6 Å². The molecule has 0 fully saturated rings. The number of rotatable bonds is 3. The number of hydrogen-bond donors (Lipinski definition) is 0. The van der Waals surface area contributed by atoms with Crippen LogP contribution in [0.4, 0.5) is 0 Å². The standard InChI is InChI=1S/C23H19NO/c1-16-10-9-15-20-21(16)17(2)23(25-19-13-7-4-8-14-19)22(24-20)18-11-5-3-6-12-18/h3-15H,1-2H3. The van der Waals surface area contributed by atoms with Crippen molar-refractivity contribution in [3.63, 3.8) is 0 Å². The molecule has 2 heteroatoms. The number of para-hydroxylation sites is 1. The second-order valence-electron chi connectivity index (χ2n) is 6.16. The SMILES string of the molecule is Cc1cccc2nc(-c3ccccc3)c(Oc3ccccc3)c(C)c12. The Morgan fingerprint density at radius 1 is 0.720 bits per heavy atom. The van der Waals surface area contributed by atoms with E-state index in [0.29, 0.717) is 0 Å². The summed E-state index contributed by atoms with van der Waals surface area (Å²) in [6, 6.07) is 26.3. The van der Waals surface area contributed by atoms with Gasteiger partial charge in [0.1, 0.15) is 11.4 Å². The fourth-order valence-corrected chi connectivity index (χ4v) is 3.22. The molecule has 0 saturated carbocycles. The minimum absolute atomic E-state index is 0.817. The van der Waals surface area contributed by atoms with Crippen molar-refractivity contribution >= 4 is 10.9 Å². The van der Waals surface area contributed by atoms with E-state index in [-0.39, 0.29) is 0 Å². The highest BCUT2D eigenvalue weighted by Gasteiger charge is 2.17. The van der Waals surface area contributed by atoms with Crippen LogP contribution in [0.1, 0.15) is 11.1 Å². The average Bonchev–Trinajstić information content (AvgIpc) is 2.65. The van der Waals surface area contributed by atoms with Gasteiger partial charge >= 0.3 is 0 Å². The van der Waals surface area contributed by atoms with Crippen LogP contribution < -0.4 is 4.74 Å². The first-order valence-corrected chi connectivity index (χ1v) is 8.42. The molecule has 0 N–H and O–H groups in total. The highest BCUT2D eigenvalue weighted by atomic mass is 16.5. The summed E-state index contributed by atoms with van der Waals surface area (Å²) in [6.07, 6.45) is 0. The largest absolute Gasteiger partial charge is 0.455 e. The van der Waals surface area contributed by atoms with Gasteiger partial charge in [0.05, 0.1) is 5.52 Å². The monoisotopic (exact) mass is 325 g/mol. The summed E-state index contributed by atoms with van der Waals surface area (Å²) in [7, 11) is 0. The van der Waals surface area contributed by atoms with Gasteiger partial charge < -0.3 is 4.74 Å². The molecule has 4 rings (SSSR count). The first-order valence-electron chi connectivity index (χ1n) is 8.42. The molecule has 0 saturated heterocycles. The highest BCUT2D eigenvalue weighted by molar-refractivity contribution is 5.91. The minimum atomic E-state index is 0.817. The molecule has 2 nitrogen and oxygen atoms in total. The molecule has 1 aromatic heterocycles. The Balaban J connectivity index is 2.00. The second-order valence-corrected chi connectivity index (χ2v) is 6.16. The van der Waals surface area contributed by atoms with Gasteiger partial charge in [-0.3, -0.25) is 0 Å². The molecule has 0 bridgehead atoms. The van der Waals surface area contributed by atoms with Crippen LogP contribution in [0.5, 0.6) is 11.5 Å². The van der Waals surface area contributed by atoms with E-state index in [1.54, 1.807) is 0 Å². The van der Waals surface area contributed by atoms with Crippen LogP contribution in [0, 0.1) is 13.8 Å². The number of benzene rings is 3. The zero-order chi connectivity index (χ0) is 17.2. The molecule has 0 radical (unpaired) electrons. The molecule has 0 aliphatic rings. The molecule has 0 spiro atoms. The van der Waals surface area contributed by atoms with Gasteiger partial charge in [0.25, 0.3) is 0 Å². The Morgan fingerprint density at radius 3 is 2.12 bits per heavy atom. The number of aromatic nitrogens is 1. The van der Waals surface area contributed by atoms with Crippen molar-refractivity contribution < 1.29 is 4.74 Å². The molecule has 0 amide bonds. The third-order valence-electron chi connectivity index (χ3n) is 4.42. The maximum absolute atomic E-state index is 6.30. The Hall–Kier alpha value is -3.13. The average molecular weight is 325 g/mol. The van der Waals surface area contributed by atoms with Crippen LogP contribution in [0.2, 0.25) is 0 Å². The van der Waals surface area contributed by atoms with Gasteiger partial charge in [-0.1, -0.05) is 60.7 Å². The normalized spacial score (nSPS) is 10.8. The number of ether oxygens (including phenoxy) is 1. The van der Waals surface area contributed by atoms with Gasteiger partial charge in [0.2, 0.25) is 0 Å². The summed E-state index contributed by atoms with van der Waals surface area (Å²) in [5.74, 6) is 1.64. The predicted molar refractivity (Wildman–Crippen MR) is 103 cm³/mol. The van der Waals surface area contributed by atoms with Crippen LogP contribution in [0.15, 0.2) is 78.9 Å². The lowest BCUT2D eigenvalue weighted by Crippen LogP contribution is -1.97. The first-order chi connectivity index (χ1) is 12.2. The zero-order valence-corrected chi connectivity index (χ0v) is 14.4. The fourth-order valence-electron chi connectivity index (χ4n) is 3.22. The van der Waals surface area contributed by atoms with Crippen molar-refractivity contribution in [3.05, 3.63) is 90.0 Å². The number of pyridine rings is 1. The maximum Gasteiger partial charge on any atom is 0.157 e. The lowest BCUT2D eigenvalue weighted by Gasteiger charge is -2.17. The third-order valence-corrected chi connectivity index (χ3v) is 4.42. The lowest BCUT2D eigenvalue weighted by atomic mass is 10.0.